The first-order chi connectivity index (χ1) is 7.11. The topological polar surface area (TPSA) is 38.3 Å². The number of hydrogen-bond acceptors (Lipinski definition) is 3. The van der Waals surface area contributed by atoms with Crippen molar-refractivity contribution in [2.75, 3.05) is 6.66 Å². The van der Waals surface area contributed by atoms with E-state index in [0.29, 0.717) is 5.02 Å². The van der Waals surface area contributed by atoms with E-state index >= 15 is 0 Å². The number of benzene rings is 1. The van der Waals surface area contributed by atoms with Crippen LogP contribution in [-0.2, 0) is 4.79 Å². The maximum Gasteiger partial charge on any atom is 0.158 e. The monoisotopic (exact) mass is 245 g/mol. The molecule has 2 atom stereocenters. The summed E-state index contributed by atoms with van der Waals surface area (Å²) in [6.45, 7) is 3.70. The van der Waals surface area contributed by atoms with Gasteiger partial charge in [0, 0.05) is 11.7 Å². The number of rotatable bonds is 5. The van der Waals surface area contributed by atoms with Gasteiger partial charge in [-0.1, -0.05) is 11.6 Å². The van der Waals surface area contributed by atoms with Crippen molar-refractivity contribution in [3.05, 3.63) is 29.3 Å². The molecule has 0 saturated carbocycles. The molecule has 0 heterocycles. The van der Waals surface area contributed by atoms with Crippen molar-refractivity contribution >= 4 is 26.2 Å². The van der Waals surface area contributed by atoms with Crippen LogP contribution in [-0.4, -0.2) is 19.0 Å². The summed E-state index contributed by atoms with van der Waals surface area (Å²) < 4.78 is 5.58. The zero-order valence-corrected chi connectivity index (χ0v) is 10.3. The van der Waals surface area contributed by atoms with Crippen LogP contribution in [0, 0.1) is 0 Å². The van der Waals surface area contributed by atoms with Crippen LogP contribution in [0.4, 0.5) is 0 Å². The lowest BCUT2D eigenvalue weighted by atomic mass is 10.3. The van der Waals surface area contributed by atoms with E-state index in [0.717, 1.165) is 12.0 Å². The molecule has 0 spiro atoms. The zero-order valence-electron chi connectivity index (χ0n) is 8.61. The Morgan fingerprint density at radius 2 is 2.07 bits per heavy atom. The first kappa shape index (κ1) is 12.4. The maximum absolute atomic E-state index is 10.4. The van der Waals surface area contributed by atoms with Gasteiger partial charge >= 0.3 is 0 Å². The second kappa shape index (κ2) is 6.06. The van der Waals surface area contributed by atoms with Crippen LogP contribution in [0.5, 0.6) is 5.75 Å². The Morgan fingerprint density at radius 1 is 1.47 bits per heavy atom. The van der Waals surface area contributed by atoms with Crippen LogP contribution in [0.15, 0.2) is 24.3 Å². The lowest BCUT2D eigenvalue weighted by Crippen LogP contribution is -2.23. The molecule has 0 aliphatic carbocycles. The fourth-order valence-corrected chi connectivity index (χ4v) is 2.25. The number of carbonyl (C=O) groups excluding carboxylic acids is 1. The molecule has 15 heavy (non-hydrogen) atoms. The van der Waals surface area contributed by atoms with Crippen molar-refractivity contribution in [2.45, 2.75) is 13.0 Å². The highest BCUT2D eigenvalue weighted by atomic mass is 35.5. The maximum atomic E-state index is 10.4. The normalized spacial score (nSPS) is 14.3. The smallest absolute Gasteiger partial charge is 0.158 e. The standard InChI is InChI=1S/C10H13ClNO2P/c1-8(7-13)12-15(2)14-10-5-3-9(11)4-6-10/h3-8,12H,1-2H3/t8-,15?/m0/s1. The SMILES string of the molecule is C[C@@H](C=O)NP(C)Oc1ccc(Cl)cc1. The summed E-state index contributed by atoms with van der Waals surface area (Å²) in [5.41, 5.74) is 0. The van der Waals surface area contributed by atoms with Crippen molar-refractivity contribution in [1.29, 1.82) is 0 Å². The first-order valence-corrected chi connectivity index (χ1v) is 6.59. The van der Waals surface area contributed by atoms with E-state index < -0.39 is 8.30 Å². The summed E-state index contributed by atoms with van der Waals surface area (Å²) in [6.07, 6.45) is 0.851. The summed E-state index contributed by atoms with van der Waals surface area (Å²) in [5, 5.41) is 3.71. The molecule has 1 aromatic carbocycles. The summed E-state index contributed by atoms with van der Waals surface area (Å²) in [4.78, 5) is 10.4. The van der Waals surface area contributed by atoms with Gasteiger partial charge in [0.2, 0.25) is 0 Å². The molecule has 0 aliphatic heterocycles. The van der Waals surface area contributed by atoms with Crippen LogP contribution < -0.4 is 9.61 Å². The highest BCUT2D eigenvalue weighted by Gasteiger charge is 2.07. The second-order valence-corrected chi connectivity index (χ2v) is 4.97. The van der Waals surface area contributed by atoms with Gasteiger partial charge in [-0.05, 0) is 31.2 Å². The molecule has 3 nitrogen and oxygen atoms in total. The van der Waals surface area contributed by atoms with Gasteiger partial charge in [-0.25, -0.2) is 0 Å². The van der Waals surface area contributed by atoms with E-state index in [-0.39, 0.29) is 6.04 Å². The lowest BCUT2D eigenvalue weighted by molar-refractivity contribution is -0.108. The Bertz CT molecular complexity index is 318. The summed E-state index contributed by atoms with van der Waals surface area (Å²) in [5.74, 6) is 0.749. The van der Waals surface area contributed by atoms with Crippen LogP contribution in [0.25, 0.3) is 0 Å². The highest BCUT2D eigenvalue weighted by molar-refractivity contribution is 7.49. The average Bonchev–Trinajstić information content (AvgIpc) is 2.21. The quantitative estimate of drug-likeness (QED) is 0.640. The van der Waals surface area contributed by atoms with Gasteiger partial charge < -0.3 is 9.32 Å². The third kappa shape index (κ3) is 4.61. The summed E-state index contributed by atoms with van der Waals surface area (Å²) >= 11 is 5.74. The molecule has 0 amide bonds. The van der Waals surface area contributed by atoms with E-state index in [9.17, 15) is 4.79 Å². The number of carbonyl (C=O) groups is 1. The van der Waals surface area contributed by atoms with Crippen LogP contribution in [0.2, 0.25) is 5.02 Å². The number of aldehydes is 1. The molecule has 1 aromatic rings. The van der Waals surface area contributed by atoms with Crippen molar-refractivity contribution < 1.29 is 9.32 Å². The van der Waals surface area contributed by atoms with Crippen molar-refractivity contribution in [3.8, 4) is 5.75 Å². The summed E-state index contributed by atoms with van der Waals surface area (Å²) in [6, 6.07) is 6.95. The molecule has 0 saturated heterocycles. The minimum Gasteiger partial charge on any atom is -0.459 e. The zero-order chi connectivity index (χ0) is 11.3. The first-order valence-electron chi connectivity index (χ1n) is 4.50. The van der Waals surface area contributed by atoms with Gasteiger partial charge in [-0.2, -0.15) is 0 Å². The van der Waals surface area contributed by atoms with Crippen LogP contribution >= 0.6 is 19.9 Å². The number of hydrogen-bond donors (Lipinski definition) is 1. The minimum atomic E-state index is -0.836. The van der Waals surface area contributed by atoms with Crippen molar-refractivity contribution in [3.63, 3.8) is 0 Å². The third-order valence-electron chi connectivity index (χ3n) is 1.65. The molecule has 0 aromatic heterocycles. The number of halogens is 1. The Labute approximate surface area is 95.7 Å². The lowest BCUT2D eigenvalue weighted by Gasteiger charge is -2.16. The molecule has 1 rings (SSSR count). The van der Waals surface area contributed by atoms with Crippen molar-refractivity contribution in [2.24, 2.45) is 0 Å². The van der Waals surface area contributed by atoms with Gasteiger partial charge in [0.1, 0.15) is 12.0 Å². The molecule has 0 aliphatic rings. The van der Waals surface area contributed by atoms with Gasteiger partial charge in [-0.3, -0.25) is 5.09 Å². The molecular weight excluding hydrogens is 233 g/mol. The fraction of sp³-hybridized carbons (Fsp3) is 0.300. The Hall–Kier alpha value is -0.630. The van der Waals surface area contributed by atoms with Crippen molar-refractivity contribution in [1.82, 2.24) is 5.09 Å². The van der Waals surface area contributed by atoms with Gasteiger partial charge in [0.15, 0.2) is 8.30 Å². The van der Waals surface area contributed by atoms with E-state index in [4.69, 9.17) is 16.1 Å². The van der Waals surface area contributed by atoms with E-state index in [1.165, 1.54) is 0 Å². The molecule has 0 bridgehead atoms. The minimum absolute atomic E-state index is 0.187. The highest BCUT2D eigenvalue weighted by Crippen LogP contribution is 2.30. The largest absolute Gasteiger partial charge is 0.459 e. The third-order valence-corrected chi connectivity index (χ3v) is 3.15. The Balaban J connectivity index is 2.47. The fourth-order valence-electron chi connectivity index (χ4n) is 0.997. The average molecular weight is 246 g/mol. The number of nitrogens with one attached hydrogen (secondary N) is 1. The second-order valence-electron chi connectivity index (χ2n) is 3.10. The van der Waals surface area contributed by atoms with Gasteiger partial charge in [0.25, 0.3) is 0 Å². The van der Waals surface area contributed by atoms with Gasteiger partial charge in [0.05, 0.1) is 6.04 Å². The Morgan fingerprint density at radius 3 is 2.60 bits per heavy atom. The van der Waals surface area contributed by atoms with Gasteiger partial charge in [-0.15, -0.1) is 0 Å². The molecule has 5 heteroatoms. The predicted molar refractivity (Wildman–Crippen MR) is 63.6 cm³/mol. The van der Waals surface area contributed by atoms with Crippen LogP contribution in [0.3, 0.4) is 0 Å². The molecule has 82 valence electrons. The molecule has 0 radical (unpaired) electrons. The summed E-state index contributed by atoms with van der Waals surface area (Å²) in [7, 11) is -0.836. The molecular formula is C10H13ClNO2P. The molecule has 0 fully saturated rings. The molecule has 1 unspecified atom stereocenters. The van der Waals surface area contributed by atoms with E-state index in [1.807, 2.05) is 6.66 Å². The van der Waals surface area contributed by atoms with Crippen LogP contribution in [0.1, 0.15) is 6.92 Å². The predicted octanol–water partition coefficient (Wildman–Crippen LogP) is 2.84. The van der Waals surface area contributed by atoms with E-state index in [1.54, 1.807) is 31.2 Å². The van der Waals surface area contributed by atoms with E-state index in [2.05, 4.69) is 5.09 Å². The Kier molecular flexibility index (Phi) is 5.03. The molecule has 1 N–H and O–H groups in total.